The van der Waals surface area contributed by atoms with Crippen LogP contribution in [0.4, 0.5) is 4.79 Å². The molecule has 2 rings (SSSR count). The summed E-state index contributed by atoms with van der Waals surface area (Å²) in [6, 6.07) is 8.24. The van der Waals surface area contributed by atoms with Gasteiger partial charge in [0.15, 0.2) is 0 Å². The molecule has 9 heteroatoms. The fourth-order valence-electron chi connectivity index (χ4n) is 2.92. The average Bonchev–Trinajstić information content (AvgIpc) is 2.58. The van der Waals surface area contributed by atoms with Crippen LogP contribution >= 0.6 is 7.60 Å². The van der Waals surface area contributed by atoms with Gasteiger partial charge in [0.25, 0.3) is 0 Å². The van der Waals surface area contributed by atoms with E-state index in [-0.39, 0.29) is 31.7 Å². The first-order chi connectivity index (χ1) is 11.8. The number of rotatable bonds is 5. The fourth-order valence-corrected chi connectivity index (χ4v) is 3.93. The Labute approximate surface area is 145 Å². The highest BCUT2D eigenvalue weighted by Crippen LogP contribution is 2.40. The molecule has 2 unspecified atom stereocenters. The van der Waals surface area contributed by atoms with Gasteiger partial charge in [-0.15, -0.1) is 0 Å². The molecule has 1 aromatic rings. The molecule has 0 bridgehead atoms. The second-order valence-electron chi connectivity index (χ2n) is 6.01. The van der Waals surface area contributed by atoms with Crippen LogP contribution in [0.2, 0.25) is 0 Å². The summed E-state index contributed by atoms with van der Waals surface area (Å²) in [5.41, 5.74) is 0.821. The molecule has 0 aromatic heterocycles. The molecule has 138 valence electrons. The van der Waals surface area contributed by atoms with Gasteiger partial charge in [0.05, 0.1) is 13.3 Å². The second kappa shape index (κ2) is 8.47. The van der Waals surface area contributed by atoms with Crippen LogP contribution in [-0.4, -0.2) is 52.6 Å². The van der Waals surface area contributed by atoms with E-state index < -0.39 is 25.7 Å². The maximum atomic E-state index is 12.3. The highest BCUT2D eigenvalue weighted by Gasteiger charge is 2.39. The van der Waals surface area contributed by atoms with Gasteiger partial charge in [0.2, 0.25) is 0 Å². The third kappa shape index (κ3) is 5.85. The summed E-state index contributed by atoms with van der Waals surface area (Å²) in [5.74, 6) is -0.977. The van der Waals surface area contributed by atoms with Crippen molar-refractivity contribution in [2.75, 3.05) is 19.8 Å². The van der Waals surface area contributed by atoms with Gasteiger partial charge in [-0.3, -0.25) is 9.46 Å². The number of benzene rings is 1. The van der Waals surface area contributed by atoms with Crippen LogP contribution in [0, 0.1) is 5.92 Å². The van der Waals surface area contributed by atoms with Crippen molar-refractivity contribution in [2.24, 2.45) is 5.92 Å². The van der Waals surface area contributed by atoms with Crippen molar-refractivity contribution in [3.05, 3.63) is 35.9 Å². The lowest BCUT2D eigenvalue weighted by Crippen LogP contribution is -2.51. The molecule has 1 fully saturated rings. The number of hydrogen-bond acceptors (Lipinski definition) is 5. The minimum atomic E-state index is -4.18. The maximum Gasteiger partial charge on any atom is 0.410 e. The third-order valence-electron chi connectivity index (χ3n) is 4.12. The zero-order valence-corrected chi connectivity index (χ0v) is 14.8. The highest BCUT2D eigenvalue weighted by molar-refractivity contribution is 7.51. The van der Waals surface area contributed by atoms with Crippen molar-refractivity contribution < 1.29 is 33.4 Å². The lowest BCUT2D eigenvalue weighted by molar-refractivity contribution is -0.148. The summed E-state index contributed by atoms with van der Waals surface area (Å²) in [4.78, 5) is 43.9. The number of carbonyl (C=O) groups excluding carboxylic acids is 2. The van der Waals surface area contributed by atoms with Gasteiger partial charge in [0.1, 0.15) is 12.6 Å². The molecule has 0 spiro atoms. The molecule has 8 nitrogen and oxygen atoms in total. The van der Waals surface area contributed by atoms with Gasteiger partial charge in [0, 0.05) is 6.54 Å². The van der Waals surface area contributed by atoms with Crippen molar-refractivity contribution in [3.8, 4) is 0 Å². The lowest BCUT2D eigenvalue weighted by Gasteiger charge is -2.37. The summed E-state index contributed by atoms with van der Waals surface area (Å²) in [7, 11) is -2.97. The summed E-state index contributed by atoms with van der Waals surface area (Å²) >= 11 is 0. The minimum Gasteiger partial charge on any atom is -0.467 e. The predicted molar refractivity (Wildman–Crippen MR) is 88.8 cm³/mol. The van der Waals surface area contributed by atoms with E-state index in [1.54, 1.807) is 0 Å². The van der Waals surface area contributed by atoms with E-state index in [9.17, 15) is 14.2 Å². The van der Waals surface area contributed by atoms with E-state index in [2.05, 4.69) is 0 Å². The van der Waals surface area contributed by atoms with Gasteiger partial charge in [-0.05, 0) is 24.3 Å². The molecule has 0 radical (unpaired) electrons. The van der Waals surface area contributed by atoms with Gasteiger partial charge in [-0.1, -0.05) is 30.3 Å². The van der Waals surface area contributed by atoms with Crippen molar-refractivity contribution in [3.63, 3.8) is 0 Å². The van der Waals surface area contributed by atoms with E-state index in [4.69, 9.17) is 19.3 Å². The highest BCUT2D eigenvalue weighted by atomic mass is 31.2. The van der Waals surface area contributed by atoms with E-state index >= 15 is 0 Å². The van der Waals surface area contributed by atoms with Crippen molar-refractivity contribution in [1.29, 1.82) is 0 Å². The van der Waals surface area contributed by atoms with Gasteiger partial charge < -0.3 is 19.3 Å². The van der Waals surface area contributed by atoms with Crippen LogP contribution < -0.4 is 0 Å². The zero-order chi connectivity index (χ0) is 18.4. The number of methoxy groups -OCH3 is 1. The Balaban J connectivity index is 2.01. The Bertz CT molecular complexity index is 645. The Morgan fingerprint density at radius 2 is 1.96 bits per heavy atom. The maximum absolute atomic E-state index is 12.3. The van der Waals surface area contributed by atoms with E-state index in [1.807, 2.05) is 30.3 Å². The number of hydrogen-bond donors (Lipinski definition) is 2. The molecule has 2 N–H and O–H groups in total. The normalized spacial score (nSPS) is 20.8. The van der Waals surface area contributed by atoms with E-state index in [1.165, 1.54) is 12.0 Å². The SMILES string of the molecule is COC(=O)C1CC(CP(=O)(O)O)CCN1C(=O)OCc1ccccc1. The topological polar surface area (TPSA) is 113 Å². The van der Waals surface area contributed by atoms with Crippen molar-refractivity contribution in [2.45, 2.75) is 25.5 Å². The first-order valence-corrected chi connectivity index (χ1v) is 9.69. The standard InChI is InChI=1S/C16H22NO7P/c1-23-15(18)14-9-13(11-25(20,21)22)7-8-17(14)16(19)24-10-12-5-3-2-4-6-12/h2-6,13-14H,7-11H2,1H3,(H2,20,21,22). The number of piperidine rings is 1. The van der Waals surface area contributed by atoms with Crippen LogP contribution in [0.3, 0.4) is 0 Å². The largest absolute Gasteiger partial charge is 0.467 e. The average molecular weight is 371 g/mol. The molecular formula is C16H22NO7P. The molecule has 25 heavy (non-hydrogen) atoms. The summed E-state index contributed by atoms with van der Waals surface area (Å²) in [5, 5.41) is 0. The zero-order valence-electron chi connectivity index (χ0n) is 13.9. The Hall–Kier alpha value is -1.89. The number of likely N-dealkylation sites (tertiary alicyclic amines) is 1. The van der Waals surface area contributed by atoms with Crippen LogP contribution in [0.15, 0.2) is 30.3 Å². The number of esters is 1. The third-order valence-corrected chi connectivity index (χ3v) is 5.11. The summed E-state index contributed by atoms with van der Waals surface area (Å²) < 4.78 is 21.2. The van der Waals surface area contributed by atoms with E-state index in [0.29, 0.717) is 6.42 Å². The number of carbonyl (C=O) groups is 2. The van der Waals surface area contributed by atoms with Crippen molar-refractivity contribution >= 4 is 19.7 Å². The molecule has 2 atom stereocenters. The molecule has 0 aliphatic carbocycles. The predicted octanol–water partition coefficient (Wildman–Crippen LogP) is 1.75. The Morgan fingerprint density at radius 3 is 2.56 bits per heavy atom. The van der Waals surface area contributed by atoms with E-state index in [0.717, 1.165) is 5.56 Å². The number of amides is 1. The first kappa shape index (κ1) is 19.4. The van der Waals surface area contributed by atoms with Crippen molar-refractivity contribution in [1.82, 2.24) is 4.90 Å². The lowest BCUT2D eigenvalue weighted by atomic mass is 9.92. The quantitative estimate of drug-likeness (QED) is 0.599. The molecule has 1 aliphatic heterocycles. The first-order valence-electron chi connectivity index (χ1n) is 7.90. The number of nitrogens with zero attached hydrogens (tertiary/aromatic N) is 1. The van der Waals surface area contributed by atoms with Gasteiger partial charge in [-0.2, -0.15) is 0 Å². The molecular weight excluding hydrogens is 349 g/mol. The fraction of sp³-hybridized carbons (Fsp3) is 0.500. The summed E-state index contributed by atoms with van der Waals surface area (Å²) in [6.45, 7) is 0.258. The Morgan fingerprint density at radius 1 is 1.28 bits per heavy atom. The smallest absolute Gasteiger partial charge is 0.410 e. The number of ether oxygens (including phenoxy) is 2. The summed E-state index contributed by atoms with van der Waals surface area (Å²) in [6.07, 6.45) is -0.432. The molecule has 1 amide bonds. The molecule has 1 saturated heterocycles. The molecule has 1 aliphatic rings. The second-order valence-corrected chi connectivity index (χ2v) is 7.70. The minimum absolute atomic E-state index is 0.0793. The molecule has 1 heterocycles. The Kier molecular flexibility index (Phi) is 6.58. The molecule has 1 aromatic carbocycles. The van der Waals surface area contributed by atoms with Crippen LogP contribution in [-0.2, 0) is 25.4 Å². The molecule has 0 saturated carbocycles. The van der Waals surface area contributed by atoms with Crippen LogP contribution in [0.5, 0.6) is 0 Å². The van der Waals surface area contributed by atoms with Crippen LogP contribution in [0.25, 0.3) is 0 Å². The monoisotopic (exact) mass is 371 g/mol. The van der Waals surface area contributed by atoms with Gasteiger partial charge in [-0.25, -0.2) is 9.59 Å². The van der Waals surface area contributed by atoms with Gasteiger partial charge >= 0.3 is 19.7 Å². The van der Waals surface area contributed by atoms with Crippen LogP contribution in [0.1, 0.15) is 18.4 Å².